The average Bonchev–Trinajstić information content (AvgIpc) is 2.90. The number of benzene rings is 2. The molecule has 3 aromatic rings. The molecule has 0 aliphatic carbocycles. The molecule has 0 saturated carbocycles. The number of halogens is 3. The lowest BCUT2D eigenvalue weighted by atomic mass is 10.1. The Bertz CT molecular complexity index is 1490. The van der Waals surface area contributed by atoms with Crippen LogP contribution in [0.2, 0.25) is 0 Å². The Morgan fingerprint density at radius 2 is 1.92 bits per heavy atom. The van der Waals surface area contributed by atoms with Crippen molar-refractivity contribution in [3.8, 4) is 22.8 Å². The lowest BCUT2D eigenvalue weighted by Crippen LogP contribution is -2.43. The van der Waals surface area contributed by atoms with Gasteiger partial charge in [-0.15, -0.1) is 0 Å². The van der Waals surface area contributed by atoms with Crippen LogP contribution in [0.3, 0.4) is 0 Å². The van der Waals surface area contributed by atoms with Gasteiger partial charge in [-0.1, -0.05) is 6.07 Å². The zero-order chi connectivity index (χ0) is 28.5. The SMILES string of the molecule is COc1cc(-c2ccc3c(c2)N(S(=O)(=O)c2cccc(C(F)(F)F)c2)C[C@H](CCC(=O)O)O3)nc(N(C)C)c1. The number of carboxylic acids is 1. The van der Waals surface area contributed by atoms with E-state index in [1.54, 1.807) is 37.2 Å². The molecule has 0 radical (unpaired) electrons. The summed E-state index contributed by atoms with van der Waals surface area (Å²) in [6, 6.07) is 11.6. The number of carboxylic acid groups (broad SMARTS) is 1. The van der Waals surface area contributed by atoms with E-state index < -0.39 is 38.7 Å². The van der Waals surface area contributed by atoms with Gasteiger partial charge in [0.05, 0.1) is 35.5 Å². The average molecular weight is 566 g/mol. The number of alkyl halides is 3. The summed E-state index contributed by atoms with van der Waals surface area (Å²) in [7, 11) is 0.586. The van der Waals surface area contributed by atoms with Crippen molar-refractivity contribution in [1.82, 2.24) is 4.98 Å². The van der Waals surface area contributed by atoms with Crippen molar-refractivity contribution in [2.45, 2.75) is 30.0 Å². The first kappa shape index (κ1) is 28.0. The third-order valence-electron chi connectivity index (χ3n) is 6.10. The summed E-state index contributed by atoms with van der Waals surface area (Å²) < 4.78 is 79.8. The van der Waals surface area contributed by atoms with E-state index in [2.05, 4.69) is 4.98 Å². The molecule has 9 nitrogen and oxygen atoms in total. The number of hydrogen-bond donors (Lipinski definition) is 1. The molecule has 2 aromatic carbocycles. The van der Waals surface area contributed by atoms with Crippen molar-refractivity contribution in [3.63, 3.8) is 0 Å². The van der Waals surface area contributed by atoms with Crippen molar-refractivity contribution in [1.29, 1.82) is 0 Å². The van der Waals surface area contributed by atoms with Crippen LogP contribution in [0.25, 0.3) is 11.3 Å². The van der Waals surface area contributed by atoms with E-state index in [9.17, 15) is 26.4 Å². The van der Waals surface area contributed by atoms with E-state index in [0.717, 1.165) is 22.5 Å². The van der Waals surface area contributed by atoms with Crippen LogP contribution in [0.15, 0.2) is 59.5 Å². The highest BCUT2D eigenvalue weighted by molar-refractivity contribution is 7.92. The van der Waals surface area contributed by atoms with Crippen LogP contribution in [0.4, 0.5) is 24.7 Å². The first-order valence-corrected chi connectivity index (χ1v) is 13.2. The number of sulfonamides is 1. The fourth-order valence-electron chi connectivity index (χ4n) is 4.08. The molecule has 0 amide bonds. The molecule has 2 heterocycles. The third kappa shape index (κ3) is 6.03. The minimum Gasteiger partial charge on any atom is -0.497 e. The van der Waals surface area contributed by atoms with Crippen molar-refractivity contribution in [2.24, 2.45) is 0 Å². The zero-order valence-corrected chi connectivity index (χ0v) is 22.1. The van der Waals surface area contributed by atoms with Gasteiger partial charge in [0.2, 0.25) is 0 Å². The second kappa shape index (κ2) is 10.6. The van der Waals surface area contributed by atoms with Crippen molar-refractivity contribution >= 4 is 27.5 Å². The van der Waals surface area contributed by atoms with Crippen LogP contribution in [0, 0.1) is 0 Å². The van der Waals surface area contributed by atoms with E-state index in [4.69, 9.17) is 14.6 Å². The maximum Gasteiger partial charge on any atom is 0.416 e. The number of ether oxygens (including phenoxy) is 2. The summed E-state index contributed by atoms with van der Waals surface area (Å²) >= 11 is 0. The second-order valence-electron chi connectivity index (χ2n) is 9.06. The first-order valence-electron chi connectivity index (χ1n) is 11.8. The van der Waals surface area contributed by atoms with Crippen LogP contribution in [-0.2, 0) is 21.0 Å². The Balaban J connectivity index is 1.84. The van der Waals surface area contributed by atoms with Gasteiger partial charge in [0, 0.05) is 38.2 Å². The van der Waals surface area contributed by atoms with Crippen LogP contribution in [-0.4, -0.2) is 58.3 Å². The molecule has 0 saturated heterocycles. The number of pyridine rings is 1. The van der Waals surface area contributed by atoms with Gasteiger partial charge >= 0.3 is 12.1 Å². The summed E-state index contributed by atoms with van der Waals surface area (Å²) in [5.74, 6) is 0.153. The van der Waals surface area contributed by atoms with E-state index in [0.29, 0.717) is 28.9 Å². The third-order valence-corrected chi connectivity index (χ3v) is 7.87. The summed E-state index contributed by atoms with van der Waals surface area (Å²) in [4.78, 5) is 16.9. The maximum absolute atomic E-state index is 13.7. The molecule has 4 rings (SSSR count). The number of fused-ring (bicyclic) bond motifs is 1. The molecule has 1 aliphatic rings. The zero-order valence-electron chi connectivity index (χ0n) is 21.3. The molecule has 1 aliphatic heterocycles. The van der Waals surface area contributed by atoms with Gasteiger partial charge in [0.25, 0.3) is 10.0 Å². The number of anilines is 2. The molecule has 208 valence electrons. The smallest absolute Gasteiger partial charge is 0.416 e. The van der Waals surface area contributed by atoms with E-state index in [1.165, 1.54) is 19.2 Å². The van der Waals surface area contributed by atoms with Gasteiger partial charge in [-0.2, -0.15) is 13.2 Å². The number of aromatic nitrogens is 1. The number of nitrogens with zero attached hydrogens (tertiary/aromatic N) is 3. The number of rotatable bonds is 8. The summed E-state index contributed by atoms with van der Waals surface area (Å²) in [6.07, 6.45) is -5.87. The largest absolute Gasteiger partial charge is 0.497 e. The Morgan fingerprint density at radius 1 is 1.18 bits per heavy atom. The molecule has 1 aromatic heterocycles. The Hall–Kier alpha value is -4.00. The Labute approximate surface area is 223 Å². The molecule has 0 fully saturated rings. The molecule has 1 atom stereocenters. The molecular weight excluding hydrogens is 539 g/mol. The highest BCUT2D eigenvalue weighted by atomic mass is 32.2. The lowest BCUT2D eigenvalue weighted by molar-refractivity contribution is -0.138. The van der Waals surface area contributed by atoms with Crippen LogP contribution in [0.1, 0.15) is 18.4 Å². The standard InChI is InChI=1S/C26H26F3N3O6S/c1-31(2)24-14-19(37-3)13-21(30-24)16-7-9-23-22(11-16)32(15-18(38-23)8-10-25(33)34)39(35,36)20-6-4-5-17(12-20)26(27,28)29/h4-7,9,11-14,18H,8,10,15H2,1-3H3,(H,33,34)/t18-/m0/s1. The number of methoxy groups -OCH3 is 1. The summed E-state index contributed by atoms with van der Waals surface area (Å²) in [5.41, 5.74) is -0.0459. The number of carbonyl (C=O) groups is 1. The van der Waals surface area contributed by atoms with Gasteiger partial charge in [-0.3, -0.25) is 9.10 Å². The molecule has 13 heteroatoms. The Morgan fingerprint density at radius 3 is 2.56 bits per heavy atom. The predicted molar refractivity (Wildman–Crippen MR) is 138 cm³/mol. The molecule has 1 N–H and O–H groups in total. The molecule has 39 heavy (non-hydrogen) atoms. The Kier molecular flexibility index (Phi) is 7.64. The fourth-order valence-corrected chi connectivity index (χ4v) is 5.63. The fraction of sp³-hybridized carbons (Fsp3) is 0.308. The minimum atomic E-state index is -4.74. The summed E-state index contributed by atoms with van der Waals surface area (Å²) in [6.45, 7) is -0.295. The predicted octanol–water partition coefficient (Wildman–Crippen LogP) is 4.66. The van der Waals surface area contributed by atoms with Crippen LogP contribution in [0.5, 0.6) is 11.5 Å². The minimum absolute atomic E-state index is 0.00519. The topological polar surface area (TPSA) is 109 Å². The van der Waals surface area contributed by atoms with Gasteiger partial charge in [0.15, 0.2) is 0 Å². The quantitative estimate of drug-likeness (QED) is 0.420. The molecule has 0 unspecified atom stereocenters. The second-order valence-corrected chi connectivity index (χ2v) is 10.9. The van der Waals surface area contributed by atoms with Crippen LogP contribution < -0.4 is 18.7 Å². The van der Waals surface area contributed by atoms with Gasteiger partial charge in [0.1, 0.15) is 23.4 Å². The van der Waals surface area contributed by atoms with Crippen LogP contribution >= 0.6 is 0 Å². The number of aliphatic carboxylic acids is 1. The van der Waals surface area contributed by atoms with Crippen molar-refractivity contribution in [3.05, 3.63) is 60.2 Å². The van der Waals surface area contributed by atoms with E-state index in [1.807, 2.05) is 0 Å². The monoisotopic (exact) mass is 565 g/mol. The van der Waals surface area contributed by atoms with Crippen molar-refractivity contribution < 1.29 is 41.0 Å². The highest BCUT2D eigenvalue weighted by Crippen LogP contribution is 2.41. The molecular formula is C26H26F3N3O6S. The summed E-state index contributed by atoms with van der Waals surface area (Å²) in [5, 5.41) is 9.10. The highest BCUT2D eigenvalue weighted by Gasteiger charge is 2.37. The lowest BCUT2D eigenvalue weighted by Gasteiger charge is -2.35. The van der Waals surface area contributed by atoms with E-state index in [-0.39, 0.29) is 30.8 Å². The van der Waals surface area contributed by atoms with Gasteiger partial charge < -0.3 is 19.5 Å². The molecule has 0 spiro atoms. The normalized spacial score (nSPS) is 15.3. The first-order chi connectivity index (χ1) is 18.3. The van der Waals surface area contributed by atoms with E-state index >= 15 is 0 Å². The van der Waals surface area contributed by atoms with Gasteiger partial charge in [-0.25, -0.2) is 13.4 Å². The van der Waals surface area contributed by atoms with Crippen molar-refractivity contribution in [2.75, 3.05) is 37.0 Å². The molecule has 0 bridgehead atoms. The number of hydrogen-bond acceptors (Lipinski definition) is 7. The van der Waals surface area contributed by atoms with Gasteiger partial charge in [-0.05, 0) is 42.8 Å². The maximum atomic E-state index is 13.7.